The van der Waals surface area contributed by atoms with Gasteiger partial charge in [0.1, 0.15) is 11.9 Å². The molecule has 0 saturated heterocycles. The van der Waals surface area contributed by atoms with Gasteiger partial charge in [0, 0.05) is 28.4 Å². The summed E-state index contributed by atoms with van der Waals surface area (Å²) in [5.41, 5.74) is 11.5. The summed E-state index contributed by atoms with van der Waals surface area (Å²) in [6.07, 6.45) is 7.62. The first-order valence-corrected chi connectivity index (χ1v) is 14.4. The van der Waals surface area contributed by atoms with Crippen molar-refractivity contribution in [3.05, 3.63) is 149 Å². The third-order valence-electron chi connectivity index (χ3n) is 9.73. The molecule has 0 aromatic heterocycles. The van der Waals surface area contributed by atoms with E-state index in [1.54, 1.807) is 0 Å². The zero-order valence-corrected chi connectivity index (χ0v) is 23.2. The Morgan fingerprint density at radius 3 is 2.40 bits per heavy atom. The summed E-state index contributed by atoms with van der Waals surface area (Å²) in [5.74, 6) is 1.02. The molecule has 2 atom stereocenters. The fraction of sp³-hybridized carbons (Fsp3) is 0.179. The molecule has 194 valence electrons. The molecule has 1 nitrogen and oxygen atoms in total. The van der Waals surface area contributed by atoms with Gasteiger partial charge >= 0.3 is 0 Å². The van der Waals surface area contributed by atoms with Gasteiger partial charge in [-0.15, -0.1) is 0 Å². The molecule has 0 spiro atoms. The van der Waals surface area contributed by atoms with Crippen molar-refractivity contribution >= 4 is 10.8 Å². The predicted molar refractivity (Wildman–Crippen MR) is 166 cm³/mol. The zero-order valence-electron chi connectivity index (χ0n) is 23.2. The van der Waals surface area contributed by atoms with Gasteiger partial charge in [-0.1, -0.05) is 129 Å². The van der Waals surface area contributed by atoms with E-state index in [0.717, 1.165) is 12.2 Å². The molecule has 1 heteroatoms. The van der Waals surface area contributed by atoms with E-state index in [1.807, 2.05) is 0 Å². The quantitative estimate of drug-likeness (QED) is 0.227. The summed E-state index contributed by atoms with van der Waals surface area (Å²) >= 11 is 0. The molecule has 0 fully saturated rings. The normalized spacial score (nSPS) is 21.6. The van der Waals surface area contributed by atoms with Crippen LogP contribution in [-0.2, 0) is 10.8 Å². The van der Waals surface area contributed by atoms with Gasteiger partial charge in [0.25, 0.3) is 0 Å². The van der Waals surface area contributed by atoms with Crippen molar-refractivity contribution in [1.29, 1.82) is 0 Å². The van der Waals surface area contributed by atoms with Gasteiger partial charge in [0.15, 0.2) is 0 Å². The van der Waals surface area contributed by atoms with Crippen molar-refractivity contribution in [3.63, 3.8) is 0 Å². The van der Waals surface area contributed by atoms with E-state index >= 15 is 0 Å². The van der Waals surface area contributed by atoms with Crippen molar-refractivity contribution in [2.45, 2.75) is 44.1 Å². The van der Waals surface area contributed by atoms with Crippen LogP contribution in [0.1, 0.15) is 49.4 Å². The zero-order chi connectivity index (χ0) is 27.1. The van der Waals surface area contributed by atoms with E-state index in [9.17, 15) is 0 Å². The summed E-state index contributed by atoms with van der Waals surface area (Å²) in [6.45, 7) is 7.11. The molecule has 3 aliphatic rings. The van der Waals surface area contributed by atoms with Crippen molar-refractivity contribution < 1.29 is 4.74 Å². The van der Waals surface area contributed by atoms with Gasteiger partial charge in [-0.3, -0.25) is 0 Å². The van der Waals surface area contributed by atoms with Crippen LogP contribution in [0, 0.1) is 0 Å². The van der Waals surface area contributed by atoms with Crippen LogP contribution in [0.25, 0.3) is 33.0 Å². The minimum absolute atomic E-state index is 0.0327. The lowest BCUT2D eigenvalue weighted by molar-refractivity contribution is 0.201. The highest BCUT2D eigenvalue weighted by Gasteiger charge is 2.45. The van der Waals surface area contributed by atoms with Gasteiger partial charge in [0.05, 0.1) is 0 Å². The molecular weight excluding hydrogens is 484 g/mol. The summed E-state index contributed by atoms with van der Waals surface area (Å²) in [4.78, 5) is 0. The van der Waals surface area contributed by atoms with Gasteiger partial charge in [-0.05, 0) is 62.7 Å². The molecule has 1 aliphatic heterocycles. The molecule has 0 amide bonds. The number of hydrogen-bond acceptors (Lipinski definition) is 1. The lowest BCUT2D eigenvalue weighted by atomic mass is 9.65. The Balaban J connectivity index is 1.34. The number of hydrogen-bond donors (Lipinski definition) is 0. The Labute approximate surface area is 236 Å². The van der Waals surface area contributed by atoms with Crippen molar-refractivity contribution in [3.8, 4) is 28.0 Å². The van der Waals surface area contributed by atoms with E-state index in [0.29, 0.717) is 0 Å². The largest absolute Gasteiger partial charge is 0.485 e. The van der Waals surface area contributed by atoms with Crippen LogP contribution in [0.5, 0.6) is 5.75 Å². The van der Waals surface area contributed by atoms with Gasteiger partial charge < -0.3 is 4.74 Å². The topological polar surface area (TPSA) is 9.23 Å². The number of para-hydroxylation sites is 1. The van der Waals surface area contributed by atoms with Gasteiger partial charge in [0.2, 0.25) is 0 Å². The first-order chi connectivity index (χ1) is 19.5. The molecule has 0 radical (unpaired) electrons. The highest BCUT2D eigenvalue weighted by Crippen LogP contribution is 2.55. The van der Waals surface area contributed by atoms with Crippen LogP contribution >= 0.6 is 0 Å². The summed E-state index contributed by atoms with van der Waals surface area (Å²) in [5, 5.41) is 2.63. The monoisotopic (exact) mass is 516 g/mol. The van der Waals surface area contributed by atoms with Crippen LogP contribution in [0.15, 0.2) is 127 Å². The molecule has 8 rings (SSSR count). The number of ether oxygens (including phenoxy) is 1. The minimum Gasteiger partial charge on any atom is -0.485 e. The fourth-order valence-electron chi connectivity index (χ4n) is 7.56. The van der Waals surface area contributed by atoms with E-state index in [2.05, 4.69) is 142 Å². The van der Waals surface area contributed by atoms with Gasteiger partial charge in [-0.2, -0.15) is 0 Å². The lowest BCUT2D eigenvalue weighted by Gasteiger charge is -2.44. The minimum atomic E-state index is -0.259. The fourth-order valence-corrected chi connectivity index (χ4v) is 7.56. The number of fused-ring (bicyclic) bond motifs is 7. The maximum atomic E-state index is 6.91. The van der Waals surface area contributed by atoms with E-state index in [1.165, 1.54) is 60.9 Å². The van der Waals surface area contributed by atoms with Crippen molar-refractivity contribution in [2.75, 3.05) is 0 Å². The third kappa shape index (κ3) is 3.09. The van der Waals surface area contributed by atoms with Crippen LogP contribution in [0.2, 0.25) is 0 Å². The average molecular weight is 517 g/mol. The summed E-state index contributed by atoms with van der Waals surface area (Å²) in [6, 6.07) is 38.1. The Morgan fingerprint density at radius 1 is 0.700 bits per heavy atom. The second kappa shape index (κ2) is 8.32. The molecule has 0 saturated carbocycles. The number of rotatable bonds is 2. The SMILES string of the molecule is CC1(C)c2cc(-c3cccc4c3OC3CC=CC=C3C4(C)c3ccccc3)ccc2-c2c1ccc1ccccc21. The molecule has 2 unspecified atom stereocenters. The maximum Gasteiger partial charge on any atom is 0.132 e. The Hall–Kier alpha value is -4.36. The Bertz CT molecular complexity index is 1890. The van der Waals surface area contributed by atoms with Crippen LogP contribution in [0.3, 0.4) is 0 Å². The second-order valence-electron chi connectivity index (χ2n) is 12.2. The van der Waals surface area contributed by atoms with E-state index in [-0.39, 0.29) is 16.9 Å². The van der Waals surface area contributed by atoms with Crippen LogP contribution < -0.4 is 4.74 Å². The predicted octanol–water partition coefficient (Wildman–Crippen LogP) is 9.77. The van der Waals surface area contributed by atoms with Crippen molar-refractivity contribution in [1.82, 2.24) is 0 Å². The van der Waals surface area contributed by atoms with Gasteiger partial charge in [-0.25, -0.2) is 0 Å². The van der Waals surface area contributed by atoms with E-state index < -0.39 is 0 Å². The van der Waals surface area contributed by atoms with E-state index in [4.69, 9.17) is 4.74 Å². The molecule has 1 heterocycles. The first kappa shape index (κ1) is 23.5. The molecule has 0 N–H and O–H groups in total. The molecule has 2 aliphatic carbocycles. The highest BCUT2D eigenvalue weighted by molar-refractivity contribution is 6.02. The summed E-state index contributed by atoms with van der Waals surface area (Å²) in [7, 11) is 0. The molecule has 5 aromatic rings. The molecular formula is C39H32O. The van der Waals surface area contributed by atoms with Crippen LogP contribution in [-0.4, -0.2) is 6.10 Å². The van der Waals surface area contributed by atoms with Crippen LogP contribution in [0.4, 0.5) is 0 Å². The third-order valence-corrected chi connectivity index (χ3v) is 9.73. The smallest absolute Gasteiger partial charge is 0.132 e. The Kier molecular flexibility index (Phi) is 4.89. The number of benzene rings is 5. The molecule has 5 aromatic carbocycles. The second-order valence-corrected chi connectivity index (χ2v) is 12.2. The first-order valence-electron chi connectivity index (χ1n) is 14.4. The number of allylic oxidation sites excluding steroid dienone is 2. The molecule has 40 heavy (non-hydrogen) atoms. The maximum absolute atomic E-state index is 6.91. The highest BCUT2D eigenvalue weighted by atomic mass is 16.5. The Morgan fingerprint density at radius 2 is 1.52 bits per heavy atom. The molecule has 0 bridgehead atoms. The van der Waals surface area contributed by atoms with Crippen molar-refractivity contribution in [2.24, 2.45) is 0 Å². The summed E-state index contributed by atoms with van der Waals surface area (Å²) < 4.78 is 6.91. The lowest BCUT2D eigenvalue weighted by Crippen LogP contribution is -2.41. The average Bonchev–Trinajstić information content (AvgIpc) is 3.23. The standard InChI is InChI=1S/C39H32O/c1-38(2)32-23-21-25-12-7-8-15-28(25)36(32)30-22-20-26(24-34(30)38)29-16-11-18-33-37(29)40-35-19-10-9-17-31(35)39(33,3)27-13-5-4-6-14-27/h4-18,20-24,35H,19H2,1-3H3.